The summed E-state index contributed by atoms with van der Waals surface area (Å²) in [5.74, 6) is -0.598. The molecule has 0 aliphatic carbocycles. The van der Waals surface area contributed by atoms with Crippen molar-refractivity contribution in [1.29, 1.82) is 0 Å². The van der Waals surface area contributed by atoms with Crippen LogP contribution in [0.2, 0.25) is 0 Å². The third kappa shape index (κ3) is 5.05. The van der Waals surface area contributed by atoms with Crippen LogP contribution in [-0.2, 0) is 11.0 Å². The number of allylic oxidation sites excluding steroid dienone is 1. The van der Waals surface area contributed by atoms with Gasteiger partial charge in [0.15, 0.2) is 5.11 Å². The molecule has 0 fully saturated rings. The SMILES string of the molecule is CC1=C(C(=O)Nc2ccc([N+](=O)[O-])cc2)[C@H](c2cccc(C(F)(F)F)c2)NC(=S)N1c1ccccc1. The van der Waals surface area contributed by atoms with Crippen molar-refractivity contribution in [2.75, 3.05) is 10.2 Å². The number of nitro groups is 1. The molecule has 184 valence electrons. The Hall–Kier alpha value is -4.25. The average molecular weight is 513 g/mol. The van der Waals surface area contributed by atoms with E-state index in [2.05, 4.69) is 10.6 Å². The maximum absolute atomic E-state index is 13.5. The second-order valence-corrected chi connectivity index (χ2v) is 8.32. The summed E-state index contributed by atoms with van der Waals surface area (Å²) in [4.78, 5) is 25.5. The molecule has 4 rings (SSSR count). The van der Waals surface area contributed by atoms with Gasteiger partial charge in [0.1, 0.15) is 0 Å². The molecule has 11 heteroatoms. The Morgan fingerprint density at radius 3 is 2.33 bits per heavy atom. The number of benzene rings is 3. The normalized spacial score (nSPS) is 15.9. The van der Waals surface area contributed by atoms with Gasteiger partial charge in [-0.05, 0) is 61.1 Å². The highest BCUT2D eigenvalue weighted by molar-refractivity contribution is 7.80. The van der Waals surface area contributed by atoms with Crippen LogP contribution in [0.1, 0.15) is 24.1 Å². The Kier molecular flexibility index (Phi) is 6.75. The number of carbonyl (C=O) groups excluding carboxylic acids is 1. The summed E-state index contributed by atoms with van der Waals surface area (Å²) in [6, 6.07) is 17.9. The van der Waals surface area contributed by atoms with Gasteiger partial charge in [0.2, 0.25) is 0 Å². The minimum atomic E-state index is -4.57. The number of anilines is 2. The summed E-state index contributed by atoms with van der Waals surface area (Å²) in [6.45, 7) is 1.66. The Morgan fingerprint density at radius 2 is 1.72 bits per heavy atom. The molecule has 0 aromatic heterocycles. The van der Waals surface area contributed by atoms with Gasteiger partial charge in [-0.15, -0.1) is 0 Å². The molecule has 1 heterocycles. The van der Waals surface area contributed by atoms with E-state index >= 15 is 0 Å². The van der Waals surface area contributed by atoms with E-state index in [0.717, 1.165) is 12.1 Å². The van der Waals surface area contributed by atoms with Crippen LogP contribution in [0.4, 0.5) is 30.2 Å². The molecule has 1 aliphatic rings. The Balaban J connectivity index is 1.79. The van der Waals surface area contributed by atoms with Crippen LogP contribution < -0.4 is 15.5 Å². The minimum absolute atomic E-state index is 0.144. The Morgan fingerprint density at radius 1 is 1.06 bits per heavy atom. The molecular formula is C25H19F3N4O3S. The monoisotopic (exact) mass is 512 g/mol. The molecule has 0 unspecified atom stereocenters. The third-order valence-corrected chi connectivity index (χ3v) is 5.93. The second-order valence-electron chi connectivity index (χ2n) is 7.93. The predicted octanol–water partition coefficient (Wildman–Crippen LogP) is 5.96. The molecular weight excluding hydrogens is 493 g/mol. The summed E-state index contributed by atoms with van der Waals surface area (Å²) >= 11 is 5.54. The summed E-state index contributed by atoms with van der Waals surface area (Å²) in [7, 11) is 0. The van der Waals surface area contributed by atoms with Crippen molar-refractivity contribution in [2.45, 2.75) is 19.1 Å². The number of para-hydroxylation sites is 1. The van der Waals surface area contributed by atoms with Crippen molar-refractivity contribution in [2.24, 2.45) is 0 Å². The van der Waals surface area contributed by atoms with Gasteiger partial charge in [-0.3, -0.25) is 19.8 Å². The van der Waals surface area contributed by atoms with E-state index < -0.39 is 28.6 Å². The maximum atomic E-state index is 13.5. The van der Waals surface area contributed by atoms with E-state index in [-0.39, 0.29) is 27.6 Å². The van der Waals surface area contributed by atoms with Crippen LogP contribution in [0, 0.1) is 10.1 Å². The number of alkyl halides is 3. The number of amides is 1. The van der Waals surface area contributed by atoms with Crippen molar-refractivity contribution in [3.8, 4) is 0 Å². The number of rotatable bonds is 5. The number of nitrogens with one attached hydrogen (secondary N) is 2. The van der Waals surface area contributed by atoms with E-state index in [1.165, 1.54) is 36.4 Å². The summed E-state index contributed by atoms with van der Waals surface area (Å²) < 4.78 is 40.2. The molecule has 0 radical (unpaired) electrons. The molecule has 7 nitrogen and oxygen atoms in total. The maximum Gasteiger partial charge on any atom is 0.416 e. The fourth-order valence-corrected chi connectivity index (χ4v) is 4.29. The fraction of sp³-hybridized carbons (Fsp3) is 0.120. The van der Waals surface area contributed by atoms with Crippen molar-refractivity contribution in [3.05, 3.63) is 111 Å². The lowest BCUT2D eigenvalue weighted by Gasteiger charge is -2.38. The molecule has 0 bridgehead atoms. The van der Waals surface area contributed by atoms with Crippen LogP contribution in [0.15, 0.2) is 90.1 Å². The molecule has 2 N–H and O–H groups in total. The second kappa shape index (κ2) is 9.78. The number of carbonyl (C=O) groups is 1. The highest BCUT2D eigenvalue weighted by Crippen LogP contribution is 2.37. The van der Waals surface area contributed by atoms with Crippen LogP contribution in [-0.4, -0.2) is 15.9 Å². The topological polar surface area (TPSA) is 87.5 Å². The van der Waals surface area contributed by atoms with Crippen LogP contribution >= 0.6 is 12.2 Å². The van der Waals surface area contributed by atoms with Gasteiger partial charge in [0, 0.05) is 29.2 Å². The molecule has 36 heavy (non-hydrogen) atoms. The smallest absolute Gasteiger partial charge is 0.351 e. The number of nitrogens with zero attached hydrogens (tertiary/aromatic N) is 2. The van der Waals surface area contributed by atoms with Gasteiger partial charge in [0.25, 0.3) is 11.6 Å². The molecule has 3 aromatic rings. The number of nitro benzene ring substituents is 1. The first-order valence-corrected chi connectivity index (χ1v) is 11.1. The van der Waals surface area contributed by atoms with E-state index in [0.29, 0.717) is 11.4 Å². The molecule has 0 spiro atoms. The van der Waals surface area contributed by atoms with Crippen LogP contribution in [0.5, 0.6) is 0 Å². The predicted molar refractivity (Wildman–Crippen MR) is 133 cm³/mol. The molecule has 0 saturated carbocycles. The standard InChI is InChI=1S/C25H19F3N4O3S/c1-15-21(23(33)29-18-10-12-20(13-11-18)32(34)35)22(16-6-5-7-17(14-16)25(26,27)28)30-24(36)31(15)19-8-3-2-4-9-19/h2-14,22H,1H3,(H,29,33)(H,30,36)/t22-/m0/s1. The van der Waals surface area contributed by atoms with Gasteiger partial charge < -0.3 is 10.6 Å². The quantitative estimate of drug-likeness (QED) is 0.249. The third-order valence-electron chi connectivity index (χ3n) is 5.63. The minimum Gasteiger partial charge on any atom is -0.351 e. The fourth-order valence-electron chi connectivity index (χ4n) is 3.93. The molecule has 1 amide bonds. The highest BCUT2D eigenvalue weighted by Gasteiger charge is 2.36. The van der Waals surface area contributed by atoms with Crippen molar-refractivity contribution in [1.82, 2.24) is 5.32 Å². The Labute approximate surface area is 209 Å². The van der Waals surface area contributed by atoms with Gasteiger partial charge in [0.05, 0.1) is 22.1 Å². The first-order valence-electron chi connectivity index (χ1n) is 10.7. The summed E-state index contributed by atoms with van der Waals surface area (Å²) in [6.07, 6.45) is -4.57. The summed E-state index contributed by atoms with van der Waals surface area (Å²) in [5.41, 5.74) is 0.713. The molecule has 3 aromatic carbocycles. The number of hydrogen-bond acceptors (Lipinski definition) is 4. The summed E-state index contributed by atoms with van der Waals surface area (Å²) in [5, 5.41) is 16.8. The lowest BCUT2D eigenvalue weighted by molar-refractivity contribution is -0.384. The van der Waals surface area contributed by atoms with Crippen molar-refractivity contribution >= 4 is 40.3 Å². The first kappa shape index (κ1) is 24.9. The largest absolute Gasteiger partial charge is 0.416 e. The van der Waals surface area contributed by atoms with E-state index in [9.17, 15) is 28.1 Å². The molecule has 0 saturated heterocycles. The lowest BCUT2D eigenvalue weighted by Crippen LogP contribution is -2.48. The van der Waals surface area contributed by atoms with Gasteiger partial charge >= 0.3 is 6.18 Å². The first-order chi connectivity index (χ1) is 17.1. The van der Waals surface area contributed by atoms with E-state index in [1.807, 2.05) is 6.07 Å². The zero-order valence-electron chi connectivity index (χ0n) is 18.7. The number of non-ortho nitro benzene ring substituents is 1. The van der Waals surface area contributed by atoms with Crippen LogP contribution in [0.3, 0.4) is 0 Å². The van der Waals surface area contributed by atoms with Crippen molar-refractivity contribution < 1.29 is 22.9 Å². The molecule has 1 aliphatic heterocycles. The number of halogens is 3. The lowest BCUT2D eigenvalue weighted by atomic mass is 9.92. The van der Waals surface area contributed by atoms with E-state index in [4.69, 9.17) is 12.2 Å². The Bertz CT molecular complexity index is 1360. The van der Waals surface area contributed by atoms with Gasteiger partial charge in [-0.1, -0.05) is 30.3 Å². The average Bonchev–Trinajstić information content (AvgIpc) is 2.84. The highest BCUT2D eigenvalue weighted by atomic mass is 32.1. The molecule has 1 atom stereocenters. The number of hydrogen-bond donors (Lipinski definition) is 2. The van der Waals surface area contributed by atoms with Gasteiger partial charge in [-0.25, -0.2) is 0 Å². The van der Waals surface area contributed by atoms with Crippen molar-refractivity contribution in [3.63, 3.8) is 0 Å². The van der Waals surface area contributed by atoms with Gasteiger partial charge in [-0.2, -0.15) is 13.2 Å². The zero-order valence-corrected chi connectivity index (χ0v) is 19.6. The number of thiocarbonyl (C=S) groups is 1. The zero-order chi connectivity index (χ0) is 26.0. The van der Waals surface area contributed by atoms with E-state index in [1.54, 1.807) is 36.1 Å². The van der Waals surface area contributed by atoms with Crippen LogP contribution in [0.25, 0.3) is 0 Å².